The minimum Gasteiger partial charge on any atom is -0.312 e. The fourth-order valence-corrected chi connectivity index (χ4v) is 3.37. The van der Waals surface area contributed by atoms with Crippen molar-refractivity contribution in [2.24, 2.45) is 5.92 Å². The highest BCUT2D eigenvalue weighted by Gasteiger charge is 2.16. The SMILES string of the molecule is Cc1nn(-c2ccccc2)c(C)c1CNCC1CCCC1. The van der Waals surface area contributed by atoms with Gasteiger partial charge in [-0.1, -0.05) is 31.0 Å². The molecule has 0 amide bonds. The van der Waals surface area contributed by atoms with Crippen LogP contribution in [0.5, 0.6) is 0 Å². The van der Waals surface area contributed by atoms with Crippen molar-refractivity contribution >= 4 is 0 Å². The molecular weight excluding hydrogens is 258 g/mol. The van der Waals surface area contributed by atoms with E-state index in [2.05, 4.69) is 48.1 Å². The summed E-state index contributed by atoms with van der Waals surface area (Å²) in [5.74, 6) is 0.884. The first-order chi connectivity index (χ1) is 10.3. The highest BCUT2D eigenvalue weighted by Crippen LogP contribution is 2.24. The Bertz CT molecular complexity index is 580. The first-order valence-corrected chi connectivity index (χ1v) is 8.07. The fraction of sp³-hybridized carbons (Fsp3) is 0.500. The lowest BCUT2D eigenvalue weighted by Gasteiger charge is -2.11. The molecule has 0 atom stereocenters. The zero-order chi connectivity index (χ0) is 14.7. The Morgan fingerprint density at radius 3 is 2.57 bits per heavy atom. The van der Waals surface area contributed by atoms with Crippen molar-refractivity contribution in [2.45, 2.75) is 46.1 Å². The van der Waals surface area contributed by atoms with Crippen molar-refractivity contribution in [2.75, 3.05) is 6.54 Å². The van der Waals surface area contributed by atoms with E-state index in [1.165, 1.54) is 36.9 Å². The maximum Gasteiger partial charge on any atom is 0.0648 e. The molecule has 2 aromatic rings. The summed E-state index contributed by atoms with van der Waals surface area (Å²) >= 11 is 0. The Hall–Kier alpha value is -1.61. The van der Waals surface area contributed by atoms with Crippen LogP contribution in [0.25, 0.3) is 5.69 Å². The number of benzene rings is 1. The van der Waals surface area contributed by atoms with Crippen LogP contribution in [0.4, 0.5) is 0 Å². The molecule has 3 heteroatoms. The predicted octanol–water partition coefficient (Wildman–Crippen LogP) is 3.77. The lowest BCUT2D eigenvalue weighted by molar-refractivity contribution is 0.488. The Morgan fingerprint density at radius 1 is 1.14 bits per heavy atom. The average Bonchev–Trinajstić information content (AvgIpc) is 3.11. The first-order valence-electron chi connectivity index (χ1n) is 8.07. The summed E-state index contributed by atoms with van der Waals surface area (Å²) in [6, 6.07) is 10.4. The number of nitrogens with zero attached hydrogens (tertiary/aromatic N) is 2. The van der Waals surface area contributed by atoms with Crippen LogP contribution in [-0.4, -0.2) is 16.3 Å². The van der Waals surface area contributed by atoms with Crippen LogP contribution < -0.4 is 5.32 Å². The quantitative estimate of drug-likeness (QED) is 0.905. The molecule has 3 rings (SSSR count). The second-order valence-corrected chi connectivity index (χ2v) is 6.18. The van der Waals surface area contributed by atoms with Crippen molar-refractivity contribution < 1.29 is 0 Å². The van der Waals surface area contributed by atoms with E-state index in [9.17, 15) is 0 Å². The molecule has 0 aliphatic heterocycles. The Labute approximate surface area is 127 Å². The second-order valence-electron chi connectivity index (χ2n) is 6.18. The van der Waals surface area contributed by atoms with Crippen LogP contribution in [0.15, 0.2) is 30.3 Å². The molecule has 112 valence electrons. The van der Waals surface area contributed by atoms with E-state index in [0.29, 0.717) is 0 Å². The largest absolute Gasteiger partial charge is 0.312 e. The molecule has 0 spiro atoms. The minimum absolute atomic E-state index is 0.884. The van der Waals surface area contributed by atoms with Gasteiger partial charge >= 0.3 is 0 Å². The zero-order valence-corrected chi connectivity index (χ0v) is 13.1. The van der Waals surface area contributed by atoms with E-state index in [1.54, 1.807) is 0 Å². The summed E-state index contributed by atoms with van der Waals surface area (Å²) in [4.78, 5) is 0. The number of nitrogens with one attached hydrogen (secondary N) is 1. The molecule has 21 heavy (non-hydrogen) atoms. The number of hydrogen-bond acceptors (Lipinski definition) is 2. The second kappa shape index (κ2) is 6.44. The van der Waals surface area contributed by atoms with E-state index in [0.717, 1.165) is 30.4 Å². The van der Waals surface area contributed by atoms with Gasteiger partial charge in [0.1, 0.15) is 0 Å². The van der Waals surface area contributed by atoms with Crippen LogP contribution in [0.2, 0.25) is 0 Å². The third-order valence-electron chi connectivity index (χ3n) is 4.65. The molecule has 1 aliphatic carbocycles. The average molecular weight is 283 g/mol. The van der Waals surface area contributed by atoms with E-state index in [1.807, 2.05) is 6.07 Å². The molecule has 1 saturated carbocycles. The van der Waals surface area contributed by atoms with Gasteiger partial charge in [-0.15, -0.1) is 0 Å². The molecule has 0 bridgehead atoms. The maximum absolute atomic E-state index is 4.71. The molecular formula is C18H25N3. The van der Waals surface area contributed by atoms with E-state index in [4.69, 9.17) is 5.10 Å². The van der Waals surface area contributed by atoms with Gasteiger partial charge in [0.25, 0.3) is 0 Å². The normalized spacial score (nSPS) is 15.7. The molecule has 1 aromatic heterocycles. The van der Waals surface area contributed by atoms with Gasteiger partial charge < -0.3 is 5.32 Å². The number of rotatable bonds is 5. The number of aromatic nitrogens is 2. The zero-order valence-electron chi connectivity index (χ0n) is 13.1. The van der Waals surface area contributed by atoms with Crippen LogP contribution >= 0.6 is 0 Å². The van der Waals surface area contributed by atoms with E-state index < -0.39 is 0 Å². The number of aryl methyl sites for hydroxylation is 1. The highest BCUT2D eigenvalue weighted by atomic mass is 15.3. The van der Waals surface area contributed by atoms with E-state index in [-0.39, 0.29) is 0 Å². The Morgan fingerprint density at radius 2 is 1.86 bits per heavy atom. The number of hydrogen-bond donors (Lipinski definition) is 1. The lowest BCUT2D eigenvalue weighted by Crippen LogP contribution is -2.21. The van der Waals surface area contributed by atoms with Crippen LogP contribution in [-0.2, 0) is 6.54 Å². The van der Waals surface area contributed by atoms with Gasteiger partial charge in [0.05, 0.1) is 11.4 Å². The summed E-state index contributed by atoms with van der Waals surface area (Å²) in [6.07, 6.45) is 5.62. The third kappa shape index (κ3) is 3.18. The van der Waals surface area contributed by atoms with Gasteiger partial charge in [0.2, 0.25) is 0 Å². The fourth-order valence-electron chi connectivity index (χ4n) is 3.37. The summed E-state index contributed by atoms with van der Waals surface area (Å²) < 4.78 is 2.06. The van der Waals surface area contributed by atoms with Crippen LogP contribution in [0.3, 0.4) is 0 Å². The molecule has 0 radical (unpaired) electrons. The van der Waals surface area contributed by atoms with Gasteiger partial charge in [0, 0.05) is 17.8 Å². The summed E-state index contributed by atoms with van der Waals surface area (Å²) in [7, 11) is 0. The molecule has 1 aromatic carbocycles. The van der Waals surface area contributed by atoms with Crippen LogP contribution in [0.1, 0.15) is 42.6 Å². The monoisotopic (exact) mass is 283 g/mol. The summed E-state index contributed by atoms with van der Waals surface area (Å²) in [6.45, 7) is 6.36. The Kier molecular flexibility index (Phi) is 4.39. The summed E-state index contributed by atoms with van der Waals surface area (Å²) in [5.41, 5.74) is 4.87. The third-order valence-corrected chi connectivity index (χ3v) is 4.65. The van der Waals surface area contributed by atoms with Crippen LogP contribution in [0, 0.1) is 19.8 Å². The van der Waals surface area contributed by atoms with Crippen molar-refractivity contribution in [3.8, 4) is 5.69 Å². The standard InChI is InChI=1S/C18H25N3/c1-14-18(13-19-12-16-8-6-7-9-16)15(2)21(20-14)17-10-4-3-5-11-17/h3-5,10-11,16,19H,6-9,12-13H2,1-2H3. The molecule has 0 unspecified atom stereocenters. The maximum atomic E-state index is 4.71. The lowest BCUT2D eigenvalue weighted by atomic mass is 10.1. The number of para-hydroxylation sites is 1. The van der Waals surface area contributed by atoms with Gasteiger partial charge in [0.15, 0.2) is 0 Å². The van der Waals surface area contributed by atoms with Gasteiger partial charge in [-0.2, -0.15) is 5.10 Å². The smallest absolute Gasteiger partial charge is 0.0648 e. The van der Waals surface area contributed by atoms with Crippen molar-refractivity contribution in [3.63, 3.8) is 0 Å². The molecule has 1 aliphatic rings. The molecule has 1 fully saturated rings. The van der Waals surface area contributed by atoms with Gasteiger partial charge in [-0.05, 0) is 51.3 Å². The van der Waals surface area contributed by atoms with E-state index >= 15 is 0 Å². The molecule has 3 nitrogen and oxygen atoms in total. The molecule has 1 heterocycles. The predicted molar refractivity (Wildman–Crippen MR) is 86.7 cm³/mol. The molecule has 1 N–H and O–H groups in total. The van der Waals surface area contributed by atoms with Crippen molar-refractivity contribution in [3.05, 3.63) is 47.3 Å². The van der Waals surface area contributed by atoms with Gasteiger partial charge in [-0.25, -0.2) is 4.68 Å². The minimum atomic E-state index is 0.884. The Balaban J connectivity index is 1.69. The summed E-state index contributed by atoms with van der Waals surface area (Å²) in [5, 5.41) is 8.34. The van der Waals surface area contributed by atoms with Crippen molar-refractivity contribution in [1.29, 1.82) is 0 Å². The first kappa shape index (κ1) is 14.3. The molecule has 0 saturated heterocycles. The van der Waals surface area contributed by atoms with Crippen molar-refractivity contribution in [1.82, 2.24) is 15.1 Å². The topological polar surface area (TPSA) is 29.9 Å². The van der Waals surface area contributed by atoms with Gasteiger partial charge in [-0.3, -0.25) is 0 Å². The highest BCUT2D eigenvalue weighted by molar-refractivity contribution is 5.36.